The molecule has 0 aliphatic rings. The van der Waals surface area contributed by atoms with Gasteiger partial charge in [-0.05, 0) is 17.7 Å². The highest BCUT2D eigenvalue weighted by Crippen LogP contribution is 2.19. The molecule has 0 radical (unpaired) electrons. The third-order valence-electron chi connectivity index (χ3n) is 4.01. The van der Waals surface area contributed by atoms with Crippen LogP contribution in [0.25, 0.3) is 15.7 Å². The Morgan fingerprint density at radius 2 is 2.08 bits per heavy atom. The molecule has 6 heteroatoms. The quantitative estimate of drug-likeness (QED) is 0.452. The summed E-state index contributed by atoms with van der Waals surface area (Å²) in [6, 6.07) is 14.2. The number of thiazole rings is 1. The van der Waals surface area contributed by atoms with E-state index in [-0.39, 0.29) is 12.3 Å². The number of nitrogens with zero attached hydrogens (tertiary/aromatic N) is 3. The lowest BCUT2D eigenvalue weighted by Crippen LogP contribution is -2.21. The fraction of sp³-hybridized carbons (Fsp3) is 0.105. The van der Waals surface area contributed by atoms with Crippen LogP contribution < -0.4 is 5.43 Å². The monoisotopic (exact) mass is 348 g/mol. The van der Waals surface area contributed by atoms with Crippen molar-refractivity contribution in [1.82, 2.24) is 14.8 Å². The van der Waals surface area contributed by atoms with Gasteiger partial charge in [-0.1, -0.05) is 42.5 Å². The number of amides is 1. The summed E-state index contributed by atoms with van der Waals surface area (Å²) >= 11 is 1.54. The number of fused-ring (bicyclic) bond motifs is 2. The molecule has 0 aliphatic carbocycles. The highest BCUT2D eigenvalue weighted by molar-refractivity contribution is 7.15. The number of hydrogen-bond donors (Lipinski definition) is 1. The standard InChI is InChI=1S/C19H16N4OS/c1-13(16-8-4-6-14-5-2-3-7-17(14)16)21-22-18(24)11-15-12-23-9-10-25-19(23)20-15/h2-10,12H,11H2,1H3,(H,22,24)/b21-13-. The molecule has 1 amide bonds. The fourth-order valence-corrected chi connectivity index (χ4v) is 3.53. The number of carbonyl (C=O) groups excluding carboxylic acids is 1. The van der Waals surface area contributed by atoms with Crippen LogP contribution in [0.3, 0.4) is 0 Å². The van der Waals surface area contributed by atoms with Gasteiger partial charge in [-0.2, -0.15) is 5.10 Å². The molecule has 2 aromatic heterocycles. The first-order valence-corrected chi connectivity index (χ1v) is 8.81. The molecular formula is C19H16N4OS. The maximum absolute atomic E-state index is 12.1. The molecule has 4 aromatic rings. The molecule has 124 valence electrons. The zero-order valence-corrected chi connectivity index (χ0v) is 14.5. The summed E-state index contributed by atoms with van der Waals surface area (Å²) in [6.07, 6.45) is 4.00. The average molecular weight is 348 g/mol. The number of imidazole rings is 1. The lowest BCUT2D eigenvalue weighted by molar-refractivity contribution is -0.120. The first-order chi connectivity index (χ1) is 12.2. The molecule has 0 unspecified atom stereocenters. The summed E-state index contributed by atoms with van der Waals surface area (Å²) < 4.78 is 1.91. The van der Waals surface area contributed by atoms with E-state index < -0.39 is 0 Å². The Morgan fingerprint density at radius 1 is 1.24 bits per heavy atom. The van der Waals surface area contributed by atoms with Gasteiger partial charge >= 0.3 is 0 Å². The Labute approximate surface area is 148 Å². The molecule has 0 atom stereocenters. The van der Waals surface area contributed by atoms with Gasteiger partial charge in [-0.15, -0.1) is 11.3 Å². The minimum absolute atomic E-state index is 0.176. The van der Waals surface area contributed by atoms with Gasteiger partial charge in [-0.25, -0.2) is 10.4 Å². The molecule has 0 aliphatic heterocycles. The van der Waals surface area contributed by atoms with E-state index in [1.807, 2.05) is 53.4 Å². The topological polar surface area (TPSA) is 58.8 Å². The second-order valence-corrected chi connectivity index (χ2v) is 6.63. The van der Waals surface area contributed by atoms with E-state index in [0.29, 0.717) is 0 Å². The number of nitrogens with one attached hydrogen (secondary N) is 1. The fourth-order valence-electron chi connectivity index (χ4n) is 2.81. The van der Waals surface area contributed by atoms with E-state index in [9.17, 15) is 4.79 Å². The van der Waals surface area contributed by atoms with Crippen molar-refractivity contribution in [3.05, 3.63) is 71.5 Å². The third-order valence-corrected chi connectivity index (χ3v) is 4.78. The van der Waals surface area contributed by atoms with Crippen molar-refractivity contribution in [2.45, 2.75) is 13.3 Å². The first-order valence-electron chi connectivity index (χ1n) is 7.93. The Balaban J connectivity index is 1.50. The lowest BCUT2D eigenvalue weighted by Gasteiger charge is -2.06. The van der Waals surface area contributed by atoms with Gasteiger partial charge in [0.1, 0.15) is 0 Å². The van der Waals surface area contributed by atoms with Gasteiger partial charge in [0.2, 0.25) is 5.91 Å². The van der Waals surface area contributed by atoms with Crippen LogP contribution in [-0.2, 0) is 11.2 Å². The second kappa shape index (κ2) is 6.49. The smallest absolute Gasteiger partial charge is 0.246 e. The summed E-state index contributed by atoms with van der Waals surface area (Å²) in [4.78, 5) is 17.4. The number of hydrogen-bond acceptors (Lipinski definition) is 4. The van der Waals surface area contributed by atoms with Gasteiger partial charge in [0, 0.05) is 23.3 Å². The van der Waals surface area contributed by atoms with Crippen molar-refractivity contribution >= 4 is 38.7 Å². The number of aromatic nitrogens is 2. The van der Waals surface area contributed by atoms with E-state index in [2.05, 4.69) is 33.7 Å². The Hall–Kier alpha value is -2.99. The maximum atomic E-state index is 12.1. The first kappa shape index (κ1) is 15.5. The molecule has 4 rings (SSSR count). The van der Waals surface area contributed by atoms with Crippen LogP contribution in [0.15, 0.2) is 65.3 Å². The van der Waals surface area contributed by atoms with Crippen molar-refractivity contribution in [3.63, 3.8) is 0 Å². The molecule has 2 aromatic carbocycles. The number of carbonyl (C=O) groups is 1. The number of benzene rings is 2. The third kappa shape index (κ3) is 3.16. The number of rotatable bonds is 4. The predicted octanol–water partition coefficient (Wildman–Crippen LogP) is 3.63. The normalized spacial score (nSPS) is 12.0. The highest BCUT2D eigenvalue weighted by Gasteiger charge is 2.09. The molecule has 5 nitrogen and oxygen atoms in total. The van der Waals surface area contributed by atoms with E-state index in [1.165, 1.54) is 0 Å². The van der Waals surface area contributed by atoms with Crippen molar-refractivity contribution in [2.75, 3.05) is 0 Å². The van der Waals surface area contributed by atoms with Crippen molar-refractivity contribution in [1.29, 1.82) is 0 Å². The SMILES string of the molecule is C/C(=N/NC(=O)Cc1cn2ccsc2n1)c1cccc2ccccc12. The minimum Gasteiger partial charge on any atom is -0.297 e. The summed E-state index contributed by atoms with van der Waals surface area (Å²) in [7, 11) is 0. The van der Waals surface area contributed by atoms with E-state index >= 15 is 0 Å². The van der Waals surface area contributed by atoms with Crippen LogP contribution >= 0.6 is 11.3 Å². The largest absolute Gasteiger partial charge is 0.297 e. The van der Waals surface area contributed by atoms with Gasteiger partial charge in [0.15, 0.2) is 4.96 Å². The molecule has 0 saturated carbocycles. The lowest BCUT2D eigenvalue weighted by atomic mass is 10.0. The molecule has 0 fully saturated rings. The van der Waals surface area contributed by atoms with Crippen LogP contribution in [0.4, 0.5) is 0 Å². The predicted molar refractivity (Wildman–Crippen MR) is 101 cm³/mol. The molecule has 0 bridgehead atoms. The average Bonchev–Trinajstić information content (AvgIpc) is 3.20. The molecular weight excluding hydrogens is 332 g/mol. The summed E-state index contributed by atoms with van der Waals surface area (Å²) in [5.41, 5.74) is 5.16. The van der Waals surface area contributed by atoms with Crippen LogP contribution in [0, 0.1) is 0 Å². The zero-order valence-electron chi connectivity index (χ0n) is 13.6. The van der Waals surface area contributed by atoms with Crippen LogP contribution in [-0.4, -0.2) is 21.0 Å². The Morgan fingerprint density at radius 3 is 2.96 bits per heavy atom. The van der Waals surface area contributed by atoms with Crippen LogP contribution in [0.1, 0.15) is 18.2 Å². The second-order valence-electron chi connectivity index (χ2n) is 5.76. The van der Waals surface area contributed by atoms with Crippen molar-refractivity contribution < 1.29 is 4.79 Å². The number of hydrazone groups is 1. The van der Waals surface area contributed by atoms with Gasteiger partial charge in [-0.3, -0.25) is 9.20 Å². The van der Waals surface area contributed by atoms with Crippen LogP contribution in [0.2, 0.25) is 0 Å². The Kier molecular flexibility index (Phi) is 4.03. The molecule has 0 spiro atoms. The Bertz CT molecular complexity index is 1060. The van der Waals surface area contributed by atoms with Crippen molar-refractivity contribution in [3.8, 4) is 0 Å². The van der Waals surface area contributed by atoms with Gasteiger partial charge < -0.3 is 0 Å². The molecule has 1 N–H and O–H groups in total. The molecule has 0 saturated heterocycles. The molecule has 25 heavy (non-hydrogen) atoms. The molecule has 2 heterocycles. The van der Waals surface area contributed by atoms with Gasteiger partial charge in [0.05, 0.1) is 17.8 Å². The summed E-state index contributed by atoms with van der Waals surface area (Å²) in [5, 5.41) is 8.50. The van der Waals surface area contributed by atoms with E-state index in [1.54, 1.807) is 11.3 Å². The van der Waals surface area contributed by atoms with Gasteiger partial charge in [0.25, 0.3) is 0 Å². The van der Waals surface area contributed by atoms with E-state index in [4.69, 9.17) is 0 Å². The van der Waals surface area contributed by atoms with Crippen LogP contribution in [0.5, 0.6) is 0 Å². The zero-order chi connectivity index (χ0) is 17.2. The summed E-state index contributed by atoms with van der Waals surface area (Å²) in [5.74, 6) is -0.176. The van der Waals surface area contributed by atoms with E-state index in [0.717, 1.165) is 32.7 Å². The minimum atomic E-state index is -0.176. The maximum Gasteiger partial charge on any atom is 0.246 e. The van der Waals surface area contributed by atoms with Crippen molar-refractivity contribution in [2.24, 2.45) is 5.10 Å². The highest BCUT2D eigenvalue weighted by atomic mass is 32.1. The summed E-state index contributed by atoms with van der Waals surface area (Å²) in [6.45, 7) is 1.90.